The van der Waals surface area contributed by atoms with Crippen molar-refractivity contribution in [2.45, 2.75) is 26.5 Å². The second-order valence-corrected chi connectivity index (χ2v) is 6.13. The van der Waals surface area contributed by atoms with E-state index in [1.165, 1.54) is 0 Å². The number of nitrogens with zero attached hydrogens (tertiary/aromatic N) is 4. The molecule has 4 rings (SSSR count). The van der Waals surface area contributed by atoms with Crippen molar-refractivity contribution < 1.29 is 4.74 Å². The maximum Gasteiger partial charge on any atom is 0.241 e. The van der Waals surface area contributed by atoms with Crippen molar-refractivity contribution in [3.8, 4) is 5.88 Å². The molecule has 0 atom stereocenters. The Morgan fingerprint density at radius 3 is 2.96 bits per heavy atom. The lowest BCUT2D eigenvalue weighted by atomic mass is 10.2. The molecular formula is C18H19N5O. The minimum absolute atomic E-state index is 0.0938. The first kappa shape index (κ1) is 14.7. The number of aliphatic imine (C=N–C) groups is 1. The molecule has 0 aliphatic carbocycles. The van der Waals surface area contributed by atoms with Gasteiger partial charge < -0.3 is 10.1 Å². The van der Waals surface area contributed by atoms with Crippen LogP contribution >= 0.6 is 0 Å². The topological polar surface area (TPSA) is 64.3 Å². The predicted molar refractivity (Wildman–Crippen MR) is 94.6 cm³/mol. The number of nitrogens with one attached hydrogen (secondary N) is 1. The van der Waals surface area contributed by atoms with Crippen LogP contribution in [0.1, 0.15) is 25.1 Å². The summed E-state index contributed by atoms with van der Waals surface area (Å²) in [6, 6.07) is 10.1. The Morgan fingerprint density at radius 1 is 1.25 bits per heavy atom. The molecule has 0 saturated heterocycles. The standard InChI is InChI=1S/C18H19N5O/c1-11(2)24-18-14-7-6-13(9-15(14)23(3)22-18)21-17-16-12(10-20-17)5-4-8-19-16/h4-9,11H,10H2,1-3H3,(H,20,21). The van der Waals surface area contributed by atoms with E-state index in [1.54, 1.807) is 6.20 Å². The quantitative estimate of drug-likeness (QED) is 0.805. The van der Waals surface area contributed by atoms with Crippen LogP contribution in [0.2, 0.25) is 0 Å². The molecule has 2 aromatic heterocycles. The summed E-state index contributed by atoms with van der Waals surface area (Å²) >= 11 is 0. The van der Waals surface area contributed by atoms with Crippen LogP contribution < -0.4 is 10.1 Å². The van der Waals surface area contributed by atoms with Gasteiger partial charge in [0.2, 0.25) is 5.88 Å². The number of hydrogen-bond acceptors (Lipinski definition) is 5. The number of aromatic nitrogens is 3. The fourth-order valence-electron chi connectivity index (χ4n) is 2.87. The average molecular weight is 321 g/mol. The third kappa shape index (κ3) is 2.50. The van der Waals surface area contributed by atoms with Crippen LogP contribution in [-0.2, 0) is 13.6 Å². The molecule has 1 aliphatic heterocycles. The number of ether oxygens (including phenoxy) is 1. The van der Waals surface area contributed by atoms with Gasteiger partial charge in [-0.1, -0.05) is 6.07 Å². The van der Waals surface area contributed by atoms with E-state index in [2.05, 4.69) is 32.5 Å². The first-order valence-electron chi connectivity index (χ1n) is 8.01. The number of hydrogen-bond donors (Lipinski definition) is 1. The second-order valence-electron chi connectivity index (χ2n) is 6.13. The summed E-state index contributed by atoms with van der Waals surface area (Å²) in [5, 5.41) is 8.84. The molecule has 1 aromatic carbocycles. The van der Waals surface area contributed by atoms with E-state index in [1.807, 2.05) is 43.8 Å². The van der Waals surface area contributed by atoms with Crippen LogP contribution in [0.3, 0.4) is 0 Å². The molecule has 0 amide bonds. The van der Waals surface area contributed by atoms with E-state index in [0.717, 1.165) is 33.7 Å². The number of fused-ring (bicyclic) bond motifs is 2. The van der Waals surface area contributed by atoms with Crippen LogP contribution in [0.25, 0.3) is 10.9 Å². The largest absolute Gasteiger partial charge is 0.473 e. The fourth-order valence-corrected chi connectivity index (χ4v) is 2.87. The van der Waals surface area contributed by atoms with Gasteiger partial charge in [-0.2, -0.15) is 0 Å². The van der Waals surface area contributed by atoms with E-state index in [0.29, 0.717) is 12.4 Å². The minimum Gasteiger partial charge on any atom is -0.473 e. The van der Waals surface area contributed by atoms with Crippen molar-refractivity contribution in [1.82, 2.24) is 14.8 Å². The van der Waals surface area contributed by atoms with Gasteiger partial charge in [-0.15, -0.1) is 5.10 Å². The molecule has 3 aromatic rings. The number of rotatable bonds is 3. The molecular weight excluding hydrogens is 302 g/mol. The highest BCUT2D eigenvalue weighted by molar-refractivity contribution is 6.09. The summed E-state index contributed by atoms with van der Waals surface area (Å²) in [4.78, 5) is 8.96. The van der Waals surface area contributed by atoms with Gasteiger partial charge in [0.1, 0.15) is 5.69 Å². The smallest absolute Gasteiger partial charge is 0.241 e. The number of amidine groups is 1. The van der Waals surface area contributed by atoms with Crippen LogP contribution in [0, 0.1) is 0 Å². The van der Waals surface area contributed by atoms with E-state index < -0.39 is 0 Å². The number of aryl methyl sites for hydroxylation is 1. The van der Waals surface area contributed by atoms with Gasteiger partial charge in [0.25, 0.3) is 0 Å². The Hall–Kier alpha value is -2.89. The highest BCUT2D eigenvalue weighted by Gasteiger charge is 2.18. The van der Waals surface area contributed by atoms with Crippen molar-refractivity contribution in [1.29, 1.82) is 0 Å². The van der Waals surface area contributed by atoms with Crippen molar-refractivity contribution in [2.24, 2.45) is 12.0 Å². The second kappa shape index (κ2) is 5.63. The van der Waals surface area contributed by atoms with Gasteiger partial charge in [-0.05, 0) is 38.1 Å². The highest BCUT2D eigenvalue weighted by atomic mass is 16.5. The lowest BCUT2D eigenvalue weighted by Crippen LogP contribution is -2.13. The minimum atomic E-state index is 0.0938. The molecule has 1 aliphatic rings. The Kier molecular flexibility index (Phi) is 3.45. The number of anilines is 1. The lowest BCUT2D eigenvalue weighted by molar-refractivity contribution is 0.233. The van der Waals surface area contributed by atoms with Crippen molar-refractivity contribution >= 4 is 22.4 Å². The average Bonchev–Trinajstić information content (AvgIpc) is 3.09. The third-order valence-electron chi connectivity index (χ3n) is 3.95. The summed E-state index contributed by atoms with van der Waals surface area (Å²) in [6.45, 7) is 4.67. The molecule has 0 radical (unpaired) electrons. The van der Waals surface area contributed by atoms with Crippen LogP contribution in [0.5, 0.6) is 5.88 Å². The van der Waals surface area contributed by atoms with E-state index >= 15 is 0 Å². The molecule has 122 valence electrons. The third-order valence-corrected chi connectivity index (χ3v) is 3.95. The zero-order valence-electron chi connectivity index (χ0n) is 13.9. The molecule has 6 nitrogen and oxygen atoms in total. The zero-order chi connectivity index (χ0) is 16.7. The van der Waals surface area contributed by atoms with Crippen molar-refractivity contribution in [3.63, 3.8) is 0 Å². The van der Waals surface area contributed by atoms with E-state index in [-0.39, 0.29) is 6.10 Å². The van der Waals surface area contributed by atoms with Gasteiger partial charge in [0.05, 0.1) is 23.6 Å². The molecule has 3 heterocycles. The van der Waals surface area contributed by atoms with Crippen molar-refractivity contribution in [2.75, 3.05) is 5.32 Å². The molecule has 0 saturated carbocycles. The fraction of sp³-hybridized carbons (Fsp3) is 0.278. The monoisotopic (exact) mass is 321 g/mol. The summed E-state index contributed by atoms with van der Waals surface area (Å²) in [7, 11) is 1.92. The first-order chi connectivity index (χ1) is 11.6. The summed E-state index contributed by atoms with van der Waals surface area (Å²) in [6.07, 6.45) is 1.89. The van der Waals surface area contributed by atoms with Gasteiger partial charge in [0.15, 0.2) is 5.84 Å². The first-order valence-corrected chi connectivity index (χ1v) is 8.01. The molecule has 24 heavy (non-hydrogen) atoms. The van der Waals surface area contributed by atoms with Crippen LogP contribution in [-0.4, -0.2) is 26.7 Å². The Balaban J connectivity index is 1.66. The summed E-state index contributed by atoms with van der Waals surface area (Å²) < 4.78 is 7.62. The van der Waals surface area contributed by atoms with E-state index in [4.69, 9.17) is 4.74 Å². The maximum absolute atomic E-state index is 5.78. The summed E-state index contributed by atoms with van der Waals surface area (Å²) in [5.41, 5.74) is 4.04. The predicted octanol–water partition coefficient (Wildman–Crippen LogP) is 3.13. The van der Waals surface area contributed by atoms with Crippen molar-refractivity contribution in [3.05, 3.63) is 47.8 Å². The molecule has 0 unspecified atom stereocenters. The van der Waals surface area contributed by atoms with Gasteiger partial charge in [-0.25, -0.2) is 0 Å². The zero-order valence-corrected chi connectivity index (χ0v) is 13.9. The van der Waals surface area contributed by atoms with E-state index in [9.17, 15) is 0 Å². The highest BCUT2D eigenvalue weighted by Crippen LogP contribution is 2.28. The van der Waals surface area contributed by atoms with Crippen LogP contribution in [0.4, 0.5) is 5.69 Å². The normalized spacial score (nSPS) is 13.2. The maximum atomic E-state index is 5.78. The lowest BCUT2D eigenvalue weighted by Gasteiger charge is -2.08. The molecule has 1 N–H and O–H groups in total. The number of benzene rings is 1. The molecule has 0 bridgehead atoms. The van der Waals surface area contributed by atoms with Gasteiger partial charge >= 0.3 is 0 Å². The molecule has 6 heteroatoms. The van der Waals surface area contributed by atoms with Crippen LogP contribution in [0.15, 0.2) is 41.5 Å². The Morgan fingerprint density at radius 2 is 2.12 bits per heavy atom. The number of pyridine rings is 1. The molecule has 0 spiro atoms. The molecule has 0 fully saturated rings. The SMILES string of the molecule is CC(C)Oc1nn(C)c2cc(NC3=NCc4cccnc43)ccc12. The Labute approximate surface area is 140 Å². The summed E-state index contributed by atoms with van der Waals surface area (Å²) in [5.74, 6) is 1.48. The Bertz CT molecular complexity index is 942. The van der Waals surface area contributed by atoms with Gasteiger partial charge in [0, 0.05) is 24.5 Å². The van der Waals surface area contributed by atoms with Gasteiger partial charge in [-0.3, -0.25) is 14.7 Å².